The van der Waals surface area contributed by atoms with E-state index in [-0.39, 0.29) is 18.3 Å². The number of anilines is 1. The predicted octanol–water partition coefficient (Wildman–Crippen LogP) is 3.79. The lowest BCUT2D eigenvalue weighted by Gasteiger charge is -2.20. The molecule has 3 rings (SSSR count). The lowest BCUT2D eigenvalue weighted by atomic mass is 10.0. The summed E-state index contributed by atoms with van der Waals surface area (Å²) in [6, 6.07) is 8.63. The maximum Gasteiger partial charge on any atom is 0.262 e. The fraction of sp³-hybridized carbons (Fsp3) is 0.133. The van der Waals surface area contributed by atoms with Crippen LogP contribution in [0.2, 0.25) is 5.02 Å². The molecule has 1 N–H and O–H groups in total. The van der Waals surface area contributed by atoms with Crippen molar-refractivity contribution >= 4 is 23.2 Å². The van der Waals surface area contributed by atoms with Crippen molar-refractivity contribution in [1.82, 2.24) is 0 Å². The zero-order valence-corrected chi connectivity index (χ0v) is 11.4. The molecule has 3 nitrogen and oxygen atoms in total. The van der Waals surface area contributed by atoms with E-state index in [1.165, 1.54) is 0 Å². The second kappa shape index (κ2) is 4.80. The molecule has 0 atom stereocenters. The minimum atomic E-state index is -0.519. The van der Waals surface area contributed by atoms with Gasteiger partial charge in [-0.05, 0) is 24.6 Å². The number of nitrogens with one attached hydrogen (secondary N) is 1. The minimum Gasteiger partial charge on any atom is -0.478 e. The Morgan fingerprint density at radius 1 is 1.25 bits per heavy atom. The maximum absolute atomic E-state index is 14.5. The van der Waals surface area contributed by atoms with E-state index in [9.17, 15) is 9.18 Å². The number of carbonyl (C=O) groups excluding carboxylic acids is 1. The fourth-order valence-corrected chi connectivity index (χ4v) is 2.41. The number of benzene rings is 2. The van der Waals surface area contributed by atoms with Crippen LogP contribution in [0, 0.1) is 12.7 Å². The Morgan fingerprint density at radius 2 is 2.05 bits per heavy atom. The van der Waals surface area contributed by atoms with Gasteiger partial charge in [0.05, 0.1) is 10.7 Å². The molecule has 0 fully saturated rings. The van der Waals surface area contributed by atoms with Gasteiger partial charge in [0.2, 0.25) is 0 Å². The molecule has 1 amide bonds. The number of hydrogen-bond acceptors (Lipinski definition) is 2. The summed E-state index contributed by atoms with van der Waals surface area (Å²) < 4.78 is 19.7. The maximum atomic E-state index is 14.5. The first-order valence-electron chi connectivity index (χ1n) is 6.08. The average molecular weight is 292 g/mol. The summed E-state index contributed by atoms with van der Waals surface area (Å²) in [5.74, 6) is -0.757. The lowest BCUT2D eigenvalue weighted by Crippen LogP contribution is -2.26. The number of hydrogen-bond donors (Lipinski definition) is 1. The highest BCUT2D eigenvalue weighted by Gasteiger charge is 2.23. The Kier molecular flexibility index (Phi) is 3.10. The van der Waals surface area contributed by atoms with Gasteiger partial charge < -0.3 is 10.1 Å². The average Bonchev–Trinajstić information content (AvgIpc) is 2.43. The van der Waals surface area contributed by atoms with Crippen LogP contribution < -0.4 is 10.1 Å². The van der Waals surface area contributed by atoms with Crippen molar-refractivity contribution in [1.29, 1.82) is 0 Å². The molecular formula is C15H11ClFNO2. The minimum absolute atomic E-state index is 0.0553. The first kappa shape index (κ1) is 12.9. The van der Waals surface area contributed by atoms with Crippen LogP contribution in [0.4, 0.5) is 10.1 Å². The van der Waals surface area contributed by atoms with E-state index in [1.54, 1.807) is 18.2 Å². The molecule has 2 aromatic carbocycles. The van der Waals surface area contributed by atoms with Crippen molar-refractivity contribution in [3.63, 3.8) is 0 Å². The predicted molar refractivity (Wildman–Crippen MR) is 75.7 cm³/mol. The van der Waals surface area contributed by atoms with Crippen LogP contribution in [0.15, 0.2) is 30.3 Å². The molecule has 102 valence electrons. The second-order valence-corrected chi connectivity index (χ2v) is 4.96. The Morgan fingerprint density at radius 3 is 2.85 bits per heavy atom. The van der Waals surface area contributed by atoms with Gasteiger partial charge in [-0.15, -0.1) is 0 Å². The van der Waals surface area contributed by atoms with Crippen molar-refractivity contribution in [2.45, 2.75) is 6.92 Å². The Balaban J connectivity index is 2.17. The van der Waals surface area contributed by atoms with E-state index in [0.29, 0.717) is 21.8 Å². The molecule has 5 heteroatoms. The summed E-state index contributed by atoms with van der Waals surface area (Å²) >= 11 is 6.23. The molecule has 0 radical (unpaired) electrons. The van der Waals surface area contributed by atoms with Crippen LogP contribution >= 0.6 is 11.6 Å². The van der Waals surface area contributed by atoms with E-state index in [2.05, 4.69) is 5.32 Å². The van der Waals surface area contributed by atoms with Gasteiger partial charge in [-0.3, -0.25) is 4.79 Å². The third-order valence-corrected chi connectivity index (χ3v) is 3.70. The number of halogens is 2. The van der Waals surface area contributed by atoms with Crippen LogP contribution in [0.1, 0.15) is 5.56 Å². The van der Waals surface area contributed by atoms with Crippen LogP contribution in [-0.4, -0.2) is 12.5 Å². The summed E-state index contributed by atoms with van der Waals surface area (Å²) in [6.45, 7) is 1.67. The van der Waals surface area contributed by atoms with E-state index < -0.39 is 5.82 Å². The first-order valence-corrected chi connectivity index (χ1v) is 6.46. The molecule has 0 saturated heterocycles. The van der Waals surface area contributed by atoms with Gasteiger partial charge in [0, 0.05) is 11.1 Å². The number of ether oxygens (including phenoxy) is 1. The Hall–Kier alpha value is -2.07. The molecule has 0 aliphatic carbocycles. The van der Waals surface area contributed by atoms with Gasteiger partial charge in [-0.1, -0.05) is 29.8 Å². The summed E-state index contributed by atoms with van der Waals surface area (Å²) in [6.07, 6.45) is 0. The Bertz CT molecular complexity index is 715. The summed E-state index contributed by atoms with van der Waals surface area (Å²) in [5.41, 5.74) is 2.17. The lowest BCUT2D eigenvalue weighted by molar-refractivity contribution is -0.118. The molecule has 1 aliphatic heterocycles. The summed E-state index contributed by atoms with van der Waals surface area (Å²) in [7, 11) is 0. The fourth-order valence-electron chi connectivity index (χ4n) is 2.18. The monoisotopic (exact) mass is 291 g/mol. The van der Waals surface area contributed by atoms with Gasteiger partial charge in [0.1, 0.15) is 0 Å². The summed E-state index contributed by atoms with van der Waals surface area (Å²) in [4.78, 5) is 11.2. The molecule has 20 heavy (non-hydrogen) atoms. The molecule has 0 saturated carbocycles. The van der Waals surface area contributed by atoms with Gasteiger partial charge in [0.25, 0.3) is 5.91 Å². The van der Waals surface area contributed by atoms with Crippen LogP contribution in [0.5, 0.6) is 5.75 Å². The van der Waals surface area contributed by atoms with Crippen molar-refractivity contribution < 1.29 is 13.9 Å². The largest absolute Gasteiger partial charge is 0.478 e. The third-order valence-electron chi connectivity index (χ3n) is 3.20. The molecule has 2 aromatic rings. The number of fused-ring (bicyclic) bond motifs is 1. The molecule has 1 heterocycles. The zero-order chi connectivity index (χ0) is 14.3. The number of carbonyl (C=O) groups is 1. The van der Waals surface area contributed by atoms with E-state index in [0.717, 1.165) is 5.56 Å². The highest BCUT2D eigenvalue weighted by molar-refractivity contribution is 6.34. The quantitative estimate of drug-likeness (QED) is 0.868. The zero-order valence-electron chi connectivity index (χ0n) is 10.7. The number of rotatable bonds is 1. The topological polar surface area (TPSA) is 38.3 Å². The molecule has 0 aromatic heterocycles. The smallest absolute Gasteiger partial charge is 0.262 e. The van der Waals surface area contributed by atoms with Crippen molar-refractivity contribution in [3.05, 3.63) is 46.7 Å². The van der Waals surface area contributed by atoms with Crippen molar-refractivity contribution in [3.8, 4) is 16.9 Å². The van der Waals surface area contributed by atoms with Gasteiger partial charge >= 0.3 is 0 Å². The first-order chi connectivity index (χ1) is 9.58. The molecule has 0 bridgehead atoms. The highest BCUT2D eigenvalue weighted by atomic mass is 35.5. The highest BCUT2D eigenvalue weighted by Crippen LogP contribution is 2.39. The summed E-state index contributed by atoms with van der Waals surface area (Å²) in [5, 5.41) is 3.07. The van der Waals surface area contributed by atoms with Gasteiger partial charge in [0.15, 0.2) is 18.2 Å². The molecule has 0 spiro atoms. The number of amides is 1. The van der Waals surface area contributed by atoms with E-state index in [1.807, 2.05) is 19.1 Å². The Labute approximate surface area is 120 Å². The second-order valence-electron chi connectivity index (χ2n) is 4.58. The van der Waals surface area contributed by atoms with Crippen LogP contribution in [-0.2, 0) is 4.79 Å². The molecule has 0 unspecified atom stereocenters. The van der Waals surface area contributed by atoms with Gasteiger partial charge in [-0.2, -0.15) is 0 Å². The standard InChI is InChI=1S/C15H11ClFNO2/c1-8-3-2-4-9(13(8)16)10-5-6-11-15(14(10)17)20-7-12(19)18-11/h2-6H,7H2,1H3,(H,18,19). The van der Waals surface area contributed by atoms with E-state index >= 15 is 0 Å². The SMILES string of the molecule is Cc1cccc(-c2ccc3c(c2F)OCC(=O)N3)c1Cl. The normalized spacial score (nSPS) is 13.4. The van der Waals surface area contributed by atoms with Crippen LogP contribution in [0.25, 0.3) is 11.1 Å². The number of aryl methyl sites for hydroxylation is 1. The third kappa shape index (κ3) is 2.02. The molecule has 1 aliphatic rings. The van der Waals surface area contributed by atoms with E-state index in [4.69, 9.17) is 16.3 Å². The van der Waals surface area contributed by atoms with Crippen LogP contribution in [0.3, 0.4) is 0 Å². The van der Waals surface area contributed by atoms with Gasteiger partial charge in [-0.25, -0.2) is 4.39 Å². The van der Waals surface area contributed by atoms with Crippen molar-refractivity contribution in [2.75, 3.05) is 11.9 Å². The van der Waals surface area contributed by atoms with Crippen molar-refractivity contribution in [2.24, 2.45) is 0 Å². The molecular weight excluding hydrogens is 281 g/mol.